The van der Waals surface area contributed by atoms with Crippen LogP contribution in [0, 0.1) is 0 Å². The molecule has 0 aliphatic rings. The van der Waals surface area contributed by atoms with Gasteiger partial charge in [0.2, 0.25) is 0 Å². The van der Waals surface area contributed by atoms with Crippen LogP contribution in [-0.4, -0.2) is 13.1 Å². The van der Waals surface area contributed by atoms with E-state index in [0.29, 0.717) is 5.57 Å². The number of hydrogen-bond donors (Lipinski definition) is 0. The van der Waals surface area contributed by atoms with Crippen molar-refractivity contribution < 1.29 is 40.5 Å². The monoisotopic (exact) mass is 124 g/mol. The first kappa shape index (κ1) is 11.1. The van der Waals surface area contributed by atoms with Gasteiger partial charge in [0.25, 0.3) is 0 Å². The van der Waals surface area contributed by atoms with E-state index in [-0.39, 0.29) is 37.0 Å². The first-order valence-electron chi connectivity index (χ1n) is 1.92. The first-order chi connectivity index (χ1) is 3.18. The number of ether oxygens (including phenoxy) is 1. The average Bonchev–Trinajstić information content (AvgIpc) is 1.65. The maximum absolute atomic E-state index is 10.2. The van der Waals surface area contributed by atoms with E-state index in [9.17, 15) is 4.79 Å². The summed E-state index contributed by atoms with van der Waals surface area (Å²) in [6, 6.07) is 0. The molecule has 0 aliphatic carbocycles. The SMILES string of the molecule is C=C(C)C(=O)OC.[H-].[Na+]. The van der Waals surface area contributed by atoms with Crippen molar-refractivity contribution in [3.8, 4) is 0 Å². The molecule has 3 heteroatoms. The molecule has 0 amide bonds. The molecule has 0 radical (unpaired) electrons. The van der Waals surface area contributed by atoms with Crippen LogP contribution in [0.15, 0.2) is 12.2 Å². The minimum Gasteiger partial charge on any atom is -1.00 e. The van der Waals surface area contributed by atoms with Gasteiger partial charge in [-0.05, 0) is 6.92 Å². The van der Waals surface area contributed by atoms with Gasteiger partial charge in [-0.3, -0.25) is 0 Å². The van der Waals surface area contributed by atoms with Gasteiger partial charge in [-0.2, -0.15) is 0 Å². The van der Waals surface area contributed by atoms with E-state index in [1.807, 2.05) is 0 Å². The standard InChI is InChI=1S/C5H8O2.Na.H/c1-4(2)5(6)7-3;;/h1H2,2-3H3;;/q;+1;-1. The molecule has 0 spiro atoms. The molecule has 0 rings (SSSR count). The Bertz CT molecular complexity index is 103. The Balaban J connectivity index is -0.000000180. The van der Waals surface area contributed by atoms with Gasteiger partial charge in [-0.15, -0.1) is 0 Å². The van der Waals surface area contributed by atoms with Crippen molar-refractivity contribution in [3.63, 3.8) is 0 Å². The fourth-order valence-electron chi connectivity index (χ4n) is 0.174. The summed E-state index contributed by atoms with van der Waals surface area (Å²) >= 11 is 0. The summed E-state index contributed by atoms with van der Waals surface area (Å²) in [7, 11) is 1.33. The number of carbonyl (C=O) groups excluding carboxylic acids is 1. The van der Waals surface area contributed by atoms with Crippen LogP contribution in [0.5, 0.6) is 0 Å². The average molecular weight is 124 g/mol. The number of rotatable bonds is 1. The molecule has 0 bridgehead atoms. The minimum absolute atomic E-state index is 0. The van der Waals surface area contributed by atoms with E-state index in [2.05, 4.69) is 11.3 Å². The van der Waals surface area contributed by atoms with Gasteiger partial charge in [-0.25, -0.2) is 4.79 Å². The molecule has 0 saturated carbocycles. The summed E-state index contributed by atoms with van der Waals surface area (Å²) < 4.78 is 4.27. The van der Waals surface area contributed by atoms with Crippen LogP contribution in [-0.2, 0) is 9.53 Å². The Hall–Kier alpha value is 0.210. The maximum Gasteiger partial charge on any atom is 1.00 e. The molecular formula is C5H9NaO2. The zero-order valence-electron chi connectivity index (χ0n) is 6.52. The van der Waals surface area contributed by atoms with Gasteiger partial charge in [-0.1, -0.05) is 6.58 Å². The Morgan fingerprint density at radius 1 is 1.75 bits per heavy atom. The predicted octanol–water partition coefficient (Wildman–Crippen LogP) is -2.15. The number of carbonyl (C=O) groups is 1. The fourth-order valence-corrected chi connectivity index (χ4v) is 0.174. The van der Waals surface area contributed by atoms with Crippen molar-refractivity contribution in [2.75, 3.05) is 7.11 Å². The van der Waals surface area contributed by atoms with Crippen LogP contribution in [0.3, 0.4) is 0 Å². The van der Waals surface area contributed by atoms with Crippen LogP contribution < -0.4 is 29.6 Å². The Morgan fingerprint density at radius 2 is 2.12 bits per heavy atom. The van der Waals surface area contributed by atoms with E-state index in [4.69, 9.17) is 0 Å². The van der Waals surface area contributed by atoms with Gasteiger partial charge >= 0.3 is 35.5 Å². The maximum atomic E-state index is 10.2. The second kappa shape index (κ2) is 5.35. The summed E-state index contributed by atoms with van der Waals surface area (Å²) in [5.74, 6) is -0.347. The van der Waals surface area contributed by atoms with Gasteiger partial charge in [0.15, 0.2) is 0 Å². The largest absolute Gasteiger partial charge is 1.00 e. The molecule has 0 aromatic carbocycles. The smallest absolute Gasteiger partial charge is 1.00 e. The Morgan fingerprint density at radius 3 is 2.12 bits per heavy atom. The quantitative estimate of drug-likeness (QED) is 0.226. The van der Waals surface area contributed by atoms with Crippen molar-refractivity contribution in [3.05, 3.63) is 12.2 Å². The predicted molar refractivity (Wildman–Crippen MR) is 27.9 cm³/mol. The molecule has 0 unspecified atom stereocenters. The van der Waals surface area contributed by atoms with E-state index >= 15 is 0 Å². The van der Waals surface area contributed by atoms with E-state index in [0.717, 1.165) is 0 Å². The van der Waals surface area contributed by atoms with E-state index in [1.165, 1.54) is 7.11 Å². The summed E-state index contributed by atoms with van der Waals surface area (Å²) in [6.45, 7) is 4.95. The molecule has 0 aliphatic heterocycles. The molecule has 0 N–H and O–H groups in total. The van der Waals surface area contributed by atoms with Gasteiger partial charge in [0.05, 0.1) is 7.11 Å². The third-order valence-electron chi connectivity index (χ3n) is 0.534. The molecule has 2 nitrogen and oxygen atoms in total. The van der Waals surface area contributed by atoms with Gasteiger partial charge < -0.3 is 6.16 Å². The summed E-state index contributed by atoms with van der Waals surface area (Å²) in [6.07, 6.45) is 0. The van der Waals surface area contributed by atoms with Crippen molar-refractivity contribution in [1.82, 2.24) is 0 Å². The molecule has 42 valence electrons. The first-order valence-corrected chi connectivity index (χ1v) is 1.92. The number of methoxy groups -OCH3 is 1. The van der Waals surface area contributed by atoms with Crippen LogP contribution in [0.2, 0.25) is 0 Å². The Kier molecular flexibility index (Phi) is 7.40. The van der Waals surface area contributed by atoms with Gasteiger partial charge in [0.1, 0.15) is 0 Å². The van der Waals surface area contributed by atoms with Crippen molar-refractivity contribution >= 4 is 5.97 Å². The fraction of sp³-hybridized carbons (Fsp3) is 0.400. The molecule has 0 atom stereocenters. The number of hydrogen-bond acceptors (Lipinski definition) is 2. The third-order valence-corrected chi connectivity index (χ3v) is 0.534. The molecule has 8 heavy (non-hydrogen) atoms. The normalized spacial score (nSPS) is 6.75. The van der Waals surface area contributed by atoms with Crippen LogP contribution in [0.25, 0.3) is 0 Å². The van der Waals surface area contributed by atoms with E-state index in [1.54, 1.807) is 6.92 Å². The summed E-state index contributed by atoms with van der Waals surface area (Å²) in [5.41, 5.74) is 0.433. The minimum atomic E-state index is -0.347. The summed E-state index contributed by atoms with van der Waals surface area (Å²) in [4.78, 5) is 10.2. The number of esters is 1. The van der Waals surface area contributed by atoms with Crippen LogP contribution in [0.1, 0.15) is 8.35 Å². The van der Waals surface area contributed by atoms with Crippen molar-refractivity contribution in [2.24, 2.45) is 0 Å². The zero-order chi connectivity index (χ0) is 5.86. The van der Waals surface area contributed by atoms with Gasteiger partial charge in [0, 0.05) is 5.57 Å². The molecule has 0 aromatic heterocycles. The van der Waals surface area contributed by atoms with Crippen LogP contribution in [0.4, 0.5) is 0 Å². The van der Waals surface area contributed by atoms with Crippen molar-refractivity contribution in [1.29, 1.82) is 0 Å². The van der Waals surface area contributed by atoms with Crippen molar-refractivity contribution in [2.45, 2.75) is 6.92 Å². The Labute approximate surface area is 72.7 Å². The summed E-state index contributed by atoms with van der Waals surface area (Å²) in [5, 5.41) is 0. The molecule has 0 heterocycles. The van der Waals surface area contributed by atoms with E-state index < -0.39 is 0 Å². The van der Waals surface area contributed by atoms with Crippen LogP contribution >= 0.6 is 0 Å². The molecule has 0 saturated heterocycles. The molecule has 0 fully saturated rings. The topological polar surface area (TPSA) is 26.3 Å². The second-order valence-corrected chi connectivity index (χ2v) is 1.27. The molecule has 0 aromatic rings. The zero-order valence-corrected chi connectivity index (χ0v) is 7.52. The molecular weight excluding hydrogens is 115 g/mol. The third kappa shape index (κ3) is 4.37. The second-order valence-electron chi connectivity index (χ2n) is 1.27.